The van der Waals surface area contributed by atoms with Gasteiger partial charge < -0.3 is 5.11 Å². The van der Waals surface area contributed by atoms with E-state index in [1.165, 1.54) is 0 Å². The molecule has 0 saturated heterocycles. The van der Waals surface area contributed by atoms with E-state index in [0.717, 1.165) is 5.57 Å². The Balaban J connectivity index is 3.87. The second kappa shape index (κ2) is 3.29. The molecular formula is C7H10O. The first-order valence-electron chi connectivity index (χ1n) is 2.49. The fraction of sp³-hybridized carbons (Fsp3) is 0.429. The van der Waals surface area contributed by atoms with Crippen molar-refractivity contribution in [3.05, 3.63) is 11.6 Å². The van der Waals surface area contributed by atoms with Crippen LogP contribution in [0.3, 0.4) is 0 Å². The van der Waals surface area contributed by atoms with Gasteiger partial charge in [0.1, 0.15) is 6.10 Å². The summed E-state index contributed by atoms with van der Waals surface area (Å²) in [7, 11) is 0. The Morgan fingerprint density at radius 2 is 2.38 bits per heavy atom. The van der Waals surface area contributed by atoms with E-state index in [2.05, 4.69) is 5.92 Å². The van der Waals surface area contributed by atoms with Gasteiger partial charge in [0.05, 0.1) is 0 Å². The topological polar surface area (TPSA) is 20.2 Å². The van der Waals surface area contributed by atoms with Crippen molar-refractivity contribution in [2.24, 2.45) is 0 Å². The Hall–Kier alpha value is -0.740. The van der Waals surface area contributed by atoms with Gasteiger partial charge in [-0.1, -0.05) is 12.0 Å². The molecule has 0 heterocycles. The third-order valence-electron chi connectivity index (χ3n) is 1.04. The molecule has 1 atom stereocenters. The minimum atomic E-state index is -0.694. The second-order valence-corrected chi connectivity index (χ2v) is 1.60. The number of allylic oxidation sites excluding steroid dienone is 1. The molecule has 0 aromatic rings. The number of hydrogen-bond acceptors (Lipinski definition) is 1. The molecule has 0 amide bonds. The van der Waals surface area contributed by atoms with Gasteiger partial charge in [-0.25, -0.2) is 0 Å². The average Bonchev–Trinajstić information content (AvgIpc) is 1.84. The molecule has 0 spiro atoms. The van der Waals surface area contributed by atoms with Crippen molar-refractivity contribution in [2.75, 3.05) is 0 Å². The third-order valence-corrected chi connectivity index (χ3v) is 1.04. The molecule has 1 N–H and O–H groups in total. The van der Waals surface area contributed by atoms with E-state index in [-0.39, 0.29) is 0 Å². The van der Waals surface area contributed by atoms with Crippen molar-refractivity contribution in [3.63, 3.8) is 0 Å². The summed E-state index contributed by atoms with van der Waals surface area (Å²) in [5, 5.41) is 8.82. The lowest BCUT2D eigenvalue weighted by molar-refractivity contribution is 0.268. The Morgan fingerprint density at radius 1 is 1.88 bits per heavy atom. The fourth-order valence-electron chi connectivity index (χ4n) is 0.289. The maximum atomic E-state index is 8.82. The molecule has 0 saturated carbocycles. The Morgan fingerprint density at radius 3 is 2.50 bits per heavy atom. The molecular weight excluding hydrogens is 100 g/mol. The summed E-state index contributed by atoms with van der Waals surface area (Å²) in [5.74, 6) is 2.20. The van der Waals surface area contributed by atoms with Crippen LogP contribution in [0.5, 0.6) is 0 Å². The van der Waals surface area contributed by atoms with Crippen molar-refractivity contribution in [1.29, 1.82) is 0 Å². The number of hydrogen-bond donors (Lipinski definition) is 1. The quantitative estimate of drug-likeness (QED) is 0.393. The Kier molecular flexibility index (Phi) is 2.98. The molecule has 1 nitrogen and oxygen atoms in total. The fourth-order valence-corrected chi connectivity index (χ4v) is 0.289. The molecule has 0 aromatic carbocycles. The Bertz CT molecular complexity index is 128. The molecule has 44 valence electrons. The zero-order valence-electron chi connectivity index (χ0n) is 5.18. The molecule has 0 aliphatic rings. The summed E-state index contributed by atoms with van der Waals surface area (Å²) >= 11 is 0. The lowest BCUT2D eigenvalue weighted by Crippen LogP contribution is -2.02. The van der Waals surface area contributed by atoms with Crippen LogP contribution in [-0.4, -0.2) is 11.2 Å². The molecule has 0 bridgehead atoms. The standard InChI is InChI=1S/C7H10O/c1-4-6(3)7(8)5-2/h2,4,7-8H,1,3H3. The van der Waals surface area contributed by atoms with Crippen LogP contribution < -0.4 is 0 Å². The van der Waals surface area contributed by atoms with Gasteiger partial charge in [-0.3, -0.25) is 0 Å². The van der Waals surface area contributed by atoms with E-state index in [1.807, 2.05) is 6.92 Å². The van der Waals surface area contributed by atoms with Crippen molar-refractivity contribution >= 4 is 0 Å². The van der Waals surface area contributed by atoms with Crippen LogP contribution >= 0.6 is 0 Å². The van der Waals surface area contributed by atoms with Gasteiger partial charge in [-0.15, -0.1) is 6.42 Å². The van der Waals surface area contributed by atoms with E-state index in [1.54, 1.807) is 13.0 Å². The van der Waals surface area contributed by atoms with Crippen LogP contribution in [0.1, 0.15) is 13.8 Å². The summed E-state index contributed by atoms with van der Waals surface area (Å²) in [5.41, 5.74) is 0.826. The summed E-state index contributed by atoms with van der Waals surface area (Å²) in [6.07, 6.45) is 6.01. The van der Waals surface area contributed by atoms with Crippen molar-refractivity contribution < 1.29 is 5.11 Å². The molecule has 0 aromatic heterocycles. The lowest BCUT2D eigenvalue weighted by atomic mass is 10.2. The first kappa shape index (κ1) is 7.26. The van der Waals surface area contributed by atoms with E-state index in [0.29, 0.717) is 0 Å². The Labute approximate surface area is 50.0 Å². The van der Waals surface area contributed by atoms with Crippen LogP contribution in [0.2, 0.25) is 0 Å². The van der Waals surface area contributed by atoms with Gasteiger partial charge in [0.2, 0.25) is 0 Å². The lowest BCUT2D eigenvalue weighted by Gasteiger charge is -1.99. The maximum absolute atomic E-state index is 8.82. The minimum absolute atomic E-state index is 0.694. The molecule has 8 heavy (non-hydrogen) atoms. The summed E-state index contributed by atoms with van der Waals surface area (Å²) in [4.78, 5) is 0. The SMILES string of the molecule is C#CC(O)C(C)=CC. The van der Waals surface area contributed by atoms with E-state index in [9.17, 15) is 0 Å². The predicted molar refractivity (Wildman–Crippen MR) is 34.3 cm³/mol. The average molecular weight is 110 g/mol. The van der Waals surface area contributed by atoms with Crippen molar-refractivity contribution in [1.82, 2.24) is 0 Å². The van der Waals surface area contributed by atoms with Gasteiger partial charge in [0, 0.05) is 0 Å². The van der Waals surface area contributed by atoms with Crippen LogP contribution in [0.25, 0.3) is 0 Å². The molecule has 0 aliphatic heterocycles. The monoisotopic (exact) mass is 110 g/mol. The number of aliphatic hydroxyl groups is 1. The van der Waals surface area contributed by atoms with Gasteiger partial charge >= 0.3 is 0 Å². The van der Waals surface area contributed by atoms with Crippen LogP contribution in [-0.2, 0) is 0 Å². The predicted octanol–water partition coefficient (Wildman–Crippen LogP) is 0.947. The van der Waals surface area contributed by atoms with Gasteiger partial charge in [-0.2, -0.15) is 0 Å². The molecule has 1 unspecified atom stereocenters. The van der Waals surface area contributed by atoms with E-state index in [4.69, 9.17) is 11.5 Å². The largest absolute Gasteiger partial charge is 0.376 e. The van der Waals surface area contributed by atoms with E-state index >= 15 is 0 Å². The zero-order valence-corrected chi connectivity index (χ0v) is 5.18. The van der Waals surface area contributed by atoms with Crippen molar-refractivity contribution in [2.45, 2.75) is 20.0 Å². The smallest absolute Gasteiger partial charge is 0.135 e. The van der Waals surface area contributed by atoms with Gasteiger partial charge in [0.25, 0.3) is 0 Å². The first-order chi connectivity index (χ1) is 3.72. The maximum Gasteiger partial charge on any atom is 0.135 e. The number of terminal acetylenes is 1. The normalized spacial score (nSPS) is 15.0. The van der Waals surface area contributed by atoms with Gasteiger partial charge in [0.15, 0.2) is 0 Å². The van der Waals surface area contributed by atoms with E-state index < -0.39 is 6.10 Å². The van der Waals surface area contributed by atoms with Crippen LogP contribution in [0.4, 0.5) is 0 Å². The third kappa shape index (κ3) is 1.81. The number of aliphatic hydroxyl groups excluding tert-OH is 1. The molecule has 0 fully saturated rings. The highest BCUT2D eigenvalue weighted by Crippen LogP contribution is 1.97. The highest BCUT2D eigenvalue weighted by molar-refractivity contribution is 5.15. The highest BCUT2D eigenvalue weighted by Gasteiger charge is 1.96. The number of rotatable bonds is 1. The second-order valence-electron chi connectivity index (χ2n) is 1.60. The van der Waals surface area contributed by atoms with Crippen LogP contribution in [0.15, 0.2) is 11.6 Å². The molecule has 0 rings (SSSR count). The summed E-state index contributed by atoms with van der Waals surface area (Å²) in [6, 6.07) is 0. The van der Waals surface area contributed by atoms with Crippen molar-refractivity contribution in [3.8, 4) is 12.3 Å². The van der Waals surface area contributed by atoms with Crippen LogP contribution in [0, 0.1) is 12.3 Å². The molecule has 0 aliphatic carbocycles. The molecule has 1 heteroatoms. The zero-order chi connectivity index (χ0) is 6.57. The summed E-state index contributed by atoms with van der Waals surface area (Å²) < 4.78 is 0. The first-order valence-corrected chi connectivity index (χ1v) is 2.49. The minimum Gasteiger partial charge on any atom is -0.376 e. The summed E-state index contributed by atoms with van der Waals surface area (Å²) in [6.45, 7) is 3.64. The highest BCUT2D eigenvalue weighted by atomic mass is 16.3. The van der Waals surface area contributed by atoms with Gasteiger partial charge in [-0.05, 0) is 19.4 Å². The molecule has 0 radical (unpaired) electrons.